The lowest BCUT2D eigenvalue weighted by Crippen LogP contribution is -2.47. The van der Waals surface area contributed by atoms with E-state index < -0.39 is 0 Å². The van der Waals surface area contributed by atoms with Crippen molar-refractivity contribution in [2.75, 3.05) is 19.6 Å². The highest BCUT2D eigenvalue weighted by atomic mass is 15.2. The van der Waals surface area contributed by atoms with E-state index >= 15 is 0 Å². The zero-order valence-corrected chi connectivity index (χ0v) is 9.80. The van der Waals surface area contributed by atoms with Gasteiger partial charge in [-0.05, 0) is 51.6 Å². The van der Waals surface area contributed by atoms with Gasteiger partial charge >= 0.3 is 0 Å². The van der Waals surface area contributed by atoms with E-state index in [0.29, 0.717) is 5.54 Å². The highest BCUT2D eigenvalue weighted by Crippen LogP contribution is 2.38. The first-order valence-electron chi connectivity index (χ1n) is 6.86. The van der Waals surface area contributed by atoms with Crippen molar-refractivity contribution in [2.45, 2.75) is 62.9 Å². The van der Waals surface area contributed by atoms with Gasteiger partial charge in [-0.1, -0.05) is 12.8 Å². The molecule has 3 rings (SSSR count). The van der Waals surface area contributed by atoms with Crippen LogP contribution in [0.4, 0.5) is 0 Å². The Labute approximate surface area is 93.4 Å². The minimum Gasteiger partial charge on any atom is -0.307 e. The topological polar surface area (TPSA) is 15.3 Å². The molecule has 3 heterocycles. The maximum absolute atomic E-state index is 3.87. The van der Waals surface area contributed by atoms with Crippen molar-refractivity contribution in [3.05, 3.63) is 0 Å². The van der Waals surface area contributed by atoms with Gasteiger partial charge in [-0.2, -0.15) is 0 Å². The molecular weight excluding hydrogens is 184 g/mol. The molecule has 3 aliphatic heterocycles. The summed E-state index contributed by atoms with van der Waals surface area (Å²) in [5.74, 6) is 0. The molecule has 3 fully saturated rings. The quantitative estimate of drug-likeness (QED) is 0.748. The monoisotopic (exact) mass is 208 g/mol. The molecule has 86 valence electrons. The molecular formula is C13H24N2. The molecule has 0 aliphatic carbocycles. The molecule has 2 heteroatoms. The Kier molecular flexibility index (Phi) is 2.73. The fourth-order valence-electron chi connectivity index (χ4n) is 3.82. The van der Waals surface area contributed by atoms with Crippen molar-refractivity contribution in [3.63, 3.8) is 0 Å². The Morgan fingerprint density at radius 1 is 1.00 bits per heavy atom. The highest BCUT2D eigenvalue weighted by Gasteiger charge is 2.44. The van der Waals surface area contributed by atoms with Gasteiger partial charge in [-0.3, -0.25) is 0 Å². The summed E-state index contributed by atoms with van der Waals surface area (Å²) in [6.07, 6.45) is 11.5. The Hall–Kier alpha value is -0.0800. The van der Waals surface area contributed by atoms with Gasteiger partial charge in [0.2, 0.25) is 0 Å². The molecule has 0 aromatic heterocycles. The van der Waals surface area contributed by atoms with Crippen LogP contribution in [-0.2, 0) is 0 Å². The maximum Gasteiger partial charge on any atom is 0.0312 e. The molecule has 0 amide bonds. The minimum absolute atomic E-state index is 0.537. The summed E-state index contributed by atoms with van der Waals surface area (Å²) in [5.41, 5.74) is 0.537. The molecule has 0 spiro atoms. The van der Waals surface area contributed by atoms with Crippen LogP contribution < -0.4 is 5.32 Å². The lowest BCUT2D eigenvalue weighted by Gasteiger charge is -2.33. The smallest absolute Gasteiger partial charge is 0.0312 e. The van der Waals surface area contributed by atoms with Crippen molar-refractivity contribution in [2.24, 2.45) is 0 Å². The molecule has 0 atom stereocenters. The first-order chi connectivity index (χ1) is 7.36. The van der Waals surface area contributed by atoms with Gasteiger partial charge in [0.05, 0.1) is 0 Å². The average Bonchev–Trinajstić information content (AvgIpc) is 2.72. The summed E-state index contributed by atoms with van der Waals surface area (Å²) in [6.45, 7) is 4.05. The number of hydrogen-bond acceptors (Lipinski definition) is 2. The van der Waals surface area contributed by atoms with Crippen LogP contribution in [-0.4, -0.2) is 36.1 Å². The molecule has 3 saturated heterocycles. The second kappa shape index (κ2) is 4.06. The maximum atomic E-state index is 3.87. The van der Waals surface area contributed by atoms with Crippen molar-refractivity contribution in [1.29, 1.82) is 0 Å². The van der Waals surface area contributed by atoms with Crippen molar-refractivity contribution in [1.82, 2.24) is 10.2 Å². The standard InChI is InChI=1S/C13H24N2/c1-2-4-10-15(9-3-1)11-13-7-5-12(14-13)6-8-13/h12,14H,1-11H2. The third kappa shape index (κ3) is 2.07. The second-order valence-electron chi connectivity index (χ2n) is 5.89. The van der Waals surface area contributed by atoms with E-state index in [2.05, 4.69) is 10.2 Å². The van der Waals surface area contributed by atoms with E-state index in [1.54, 1.807) is 0 Å². The summed E-state index contributed by atoms with van der Waals surface area (Å²) >= 11 is 0. The van der Waals surface area contributed by atoms with Gasteiger partial charge in [0.1, 0.15) is 0 Å². The van der Waals surface area contributed by atoms with Gasteiger partial charge in [-0.15, -0.1) is 0 Å². The number of nitrogens with zero attached hydrogens (tertiary/aromatic N) is 1. The number of fused-ring (bicyclic) bond motifs is 2. The SMILES string of the molecule is C1CCCN(CC23CCC(CC2)N3)CC1. The molecule has 0 radical (unpaired) electrons. The molecule has 0 saturated carbocycles. The van der Waals surface area contributed by atoms with Gasteiger partial charge in [-0.25, -0.2) is 0 Å². The molecule has 15 heavy (non-hydrogen) atoms. The van der Waals surface area contributed by atoms with Crippen LogP contribution in [0.1, 0.15) is 51.4 Å². The van der Waals surface area contributed by atoms with Gasteiger partial charge in [0.25, 0.3) is 0 Å². The summed E-state index contributed by atoms with van der Waals surface area (Å²) < 4.78 is 0. The van der Waals surface area contributed by atoms with E-state index in [4.69, 9.17) is 0 Å². The van der Waals surface area contributed by atoms with Crippen LogP contribution in [0.2, 0.25) is 0 Å². The van der Waals surface area contributed by atoms with Gasteiger partial charge in [0.15, 0.2) is 0 Å². The first-order valence-corrected chi connectivity index (χ1v) is 6.86. The molecule has 3 aliphatic rings. The van der Waals surface area contributed by atoms with Crippen molar-refractivity contribution in [3.8, 4) is 0 Å². The fraction of sp³-hybridized carbons (Fsp3) is 1.00. The van der Waals surface area contributed by atoms with Gasteiger partial charge in [0, 0.05) is 18.1 Å². The molecule has 0 unspecified atom stereocenters. The van der Waals surface area contributed by atoms with Crippen LogP contribution in [0.15, 0.2) is 0 Å². The van der Waals surface area contributed by atoms with Crippen LogP contribution in [0.25, 0.3) is 0 Å². The minimum atomic E-state index is 0.537. The van der Waals surface area contributed by atoms with Crippen LogP contribution >= 0.6 is 0 Å². The Morgan fingerprint density at radius 3 is 2.20 bits per heavy atom. The lowest BCUT2D eigenvalue weighted by molar-refractivity contribution is 0.201. The number of nitrogens with one attached hydrogen (secondary N) is 1. The van der Waals surface area contributed by atoms with Crippen LogP contribution in [0.3, 0.4) is 0 Å². The summed E-state index contributed by atoms with van der Waals surface area (Å²) in [5, 5.41) is 3.87. The summed E-state index contributed by atoms with van der Waals surface area (Å²) in [4.78, 5) is 2.73. The molecule has 0 aromatic rings. The summed E-state index contributed by atoms with van der Waals surface area (Å²) in [6, 6.07) is 0.872. The largest absolute Gasteiger partial charge is 0.307 e. The normalized spacial score (nSPS) is 42.0. The number of rotatable bonds is 2. The van der Waals surface area contributed by atoms with Crippen molar-refractivity contribution < 1.29 is 0 Å². The third-order valence-corrected chi connectivity index (χ3v) is 4.68. The number of hydrogen-bond donors (Lipinski definition) is 1. The van der Waals surface area contributed by atoms with E-state index in [1.165, 1.54) is 71.0 Å². The first kappa shape index (κ1) is 10.1. The predicted octanol–water partition coefficient (Wildman–Crippen LogP) is 2.15. The Morgan fingerprint density at radius 2 is 1.67 bits per heavy atom. The van der Waals surface area contributed by atoms with E-state index in [1.807, 2.05) is 0 Å². The molecule has 2 bridgehead atoms. The fourth-order valence-corrected chi connectivity index (χ4v) is 3.82. The Balaban J connectivity index is 1.59. The summed E-state index contributed by atoms with van der Waals surface area (Å²) in [7, 11) is 0. The third-order valence-electron chi connectivity index (χ3n) is 4.68. The van der Waals surface area contributed by atoms with E-state index in [0.717, 1.165) is 6.04 Å². The molecule has 0 aromatic carbocycles. The van der Waals surface area contributed by atoms with E-state index in [9.17, 15) is 0 Å². The zero-order valence-electron chi connectivity index (χ0n) is 9.80. The average molecular weight is 208 g/mol. The van der Waals surface area contributed by atoms with Crippen LogP contribution in [0.5, 0.6) is 0 Å². The highest BCUT2D eigenvalue weighted by molar-refractivity contribution is 5.05. The number of likely N-dealkylation sites (tertiary alicyclic amines) is 1. The zero-order chi connectivity index (χ0) is 10.1. The van der Waals surface area contributed by atoms with E-state index in [-0.39, 0.29) is 0 Å². The molecule has 1 N–H and O–H groups in total. The second-order valence-corrected chi connectivity index (χ2v) is 5.89. The van der Waals surface area contributed by atoms with Crippen molar-refractivity contribution >= 4 is 0 Å². The predicted molar refractivity (Wildman–Crippen MR) is 63.0 cm³/mol. The van der Waals surface area contributed by atoms with Crippen LogP contribution in [0, 0.1) is 0 Å². The molecule has 2 nitrogen and oxygen atoms in total. The Bertz CT molecular complexity index is 211. The lowest BCUT2D eigenvalue weighted by atomic mass is 9.87. The van der Waals surface area contributed by atoms with Gasteiger partial charge < -0.3 is 10.2 Å².